The minimum absolute atomic E-state index is 0.100. The molecule has 3 aromatic rings. The van der Waals surface area contributed by atoms with E-state index in [0.717, 1.165) is 11.1 Å². The maximum atomic E-state index is 13.1. The van der Waals surface area contributed by atoms with E-state index >= 15 is 0 Å². The summed E-state index contributed by atoms with van der Waals surface area (Å²) in [6.07, 6.45) is 1.43. The molecule has 0 aliphatic carbocycles. The van der Waals surface area contributed by atoms with Crippen molar-refractivity contribution in [1.29, 1.82) is 0 Å². The molecule has 0 bridgehead atoms. The number of aliphatic hydroxyl groups is 1. The predicted octanol–water partition coefficient (Wildman–Crippen LogP) is 5.59. The molecule has 0 aliphatic heterocycles. The minimum atomic E-state index is -0.284. The van der Waals surface area contributed by atoms with Gasteiger partial charge in [-0.3, -0.25) is 4.79 Å². The molecule has 188 valence electrons. The van der Waals surface area contributed by atoms with Crippen LogP contribution in [0.3, 0.4) is 0 Å². The minimum Gasteiger partial charge on any atom is -0.496 e. The number of nitrogens with zero attached hydrogens (tertiary/aromatic N) is 1. The second-order valence-electron chi connectivity index (χ2n) is 7.64. The Balaban J connectivity index is 1.76. The highest BCUT2D eigenvalue weighted by Gasteiger charge is 2.20. The van der Waals surface area contributed by atoms with Gasteiger partial charge in [0.1, 0.15) is 15.6 Å². The highest BCUT2D eigenvalue weighted by molar-refractivity contribution is 7.17. The summed E-state index contributed by atoms with van der Waals surface area (Å²) >= 11 is 7.27. The van der Waals surface area contributed by atoms with Crippen molar-refractivity contribution in [3.05, 3.63) is 63.6 Å². The number of thiazole rings is 1. The number of carbonyl (C=O) groups is 1. The number of benzene rings is 2. The van der Waals surface area contributed by atoms with Crippen LogP contribution in [0.1, 0.15) is 41.2 Å². The number of methoxy groups -OCH3 is 1. The zero-order valence-corrected chi connectivity index (χ0v) is 21.7. The van der Waals surface area contributed by atoms with Gasteiger partial charge in [0.2, 0.25) is 0 Å². The van der Waals surface area contributed by atoms with Gasteiger partial charge in [-0.05, 0) is 44.0 Å². The van der Waals surface area contributed by atoms with Gasteiger partial charge in [-0.15, -0.1) is 11.3 Å². The molecule has 3 rings (SSSR count). The topological polar surface area (TPSA) is 89.9 Å². The molecule has 1 aromatic heterocycles. The van der Waals surface area contributed by atoms with Crippen LogP contribution in [0.5, 0.6) is 5.75 Å². The van der Waals surface area contributed by atoms with E-state index in [2.05, 4.69) is 10.3 Å². The highest BCUT2D eigenvalue weighted by Crippen LogP contribution is 2.31. The third-order valence-corrected chi connectivity index (χ3v) is 6.64. The van der Waals surface area contributed by atoms with E-state index in [0.29, 0.717) is 58.1 Å². The number of aliphatic hydroxyl groups excluding tert-OH is 1. The van der Waals surface area contributed by atoms with Gasteiger partial charge >= 0.3 is 0 Å². The maximum absolute atomic E-state index is 13.1. The number of halogens is 1. The van der Waals surface area contributed by atoms with E-state index in [9.17, 15) is 9.90 Å². The Morgan fingerprint density at radius 2 is 1.83 bits per heavy atom. The van der Waals surface area contributed by atoms with Crippen molar-refractivity contribution in [2.24, 2.45) is 0 Å². The lowest BCUT2D eigenvalue weighted by atomic mass is 10.1. The lowest BCUT2D eigenvalue weighted by Gasteiger charge is -2.18. The Morgan fingerprint density at radius 3 is 2.46 bits per heavy atom. The molecule has 2 aromatic carbocycles. The summed E-state index contributed by atoms with van der Waals surface area (Å²) in [5, 5.41) is 13.7. The van der Waals surface area contributed by atoms with Crippen LogP contribution in [0.25, 0.3) is 10.6 Å². The first-order valence-corrected chi connectivity index (χ1v) is 12.8. The van der Waals surface area contributed by atoms with Crippen molar-refractivity contribution in [2.45, 2.75) is 39.4 Å². The van der Waals surface area contributed by atoms with Crippen LogP contribution < -0.4 is 10.1 Å². The van der Waals surface area contributed by atoms with Gasteiger partial charge in [0.25, 0.3) is 5.91 Å². The van der Waals surface area contributed by atoms with Crippen molar-refractivity contribution < 1.29 is 24.1 Å². The highest BCUT2D eigenvalue weighted by atomic mass is 35.5. The Hall–Kier alpha value is -2.49. The van der Waals surface area contributed by atoms with E-state index in [1.165, 1.54) is 11.3 Å². The Bertz CT molecular complexity index is 1100. The third kappa shape index (κ3) is 7.49. The van der Waals surface area contributed by atoms with Gasteiger partial charge in [-0.25, -0.2) is 4.98 Å². The van der Waals surface area contributed by atoms with Crippen LogP contribution in [0.15, 0.2) is 42.5 Å². The molecule has 7 nitrogen and oxygen atoms in total. The number of aromatic nitrogens is 1. The zero-order chi connectivity index (χ0) is 25.2. The van der Waals surface area contributed by atoms with Crippen molar-refractivity contribution in [3.63, 3.8) is 0 Å². The summed E-state index contributed by atoms with van der Waals surface area (Å²) in [6, 6.07) is 12.9. The normalized spacial score (nSPS) is 11.1. The van der Waals surface area contributed by atoms with Crippen molar-refractivity contribution in [2.75, 3.05) is 32.2 Å². The summed E-state index contributed by atoms with van der Waals surface area (Å²) in [5.74, 6) is 0.394. The van der Waals surface area contributed by atoms with E-state index in [1.54, 1.807) is 25.3 Å². The molecule has 0 saturated carbocycles. The molecule has 1 amide bonds. The molecule has 2 N–H and O–H groups in total. The lowest BCUT2D eigenvalue weighted by molar-refractivity contribution is -0.139. The van der Waals surface area contributed by atoms with Crippen LogP contribution in [0.2, 0.25) is 5.02 Å². The van der Waals surface area contributed by atoms with Crippen LogP contribution in [-0.4, -0.2) is 49.2 Å². The summed E-state index contributed by atoms with van der Waals surface area (Å²) in [5.41, 5.74) is 3.03. The fourth-order valence-corrected chi connectivity index (χ4v) is 4.74. The lowest BCUT2D eigenvalue weighted by Crippen LogP contribution is -2.18. The van der Waals surface area contributed by atoms with Crippen LogP contribution in [-0.2, 0) is 22.3 Å². The Morgan fingerprint density at radius 1 is 1.11 bits per heavy atom. The molecule has 0 atom stereocenters. The summed E-state index contributed by atoms with van der Waals surface area (Å²) in [4.78, 5) is 18.2. The monoisotopic (exact) mass is 518 g/mol. The van der Waals surface area contributed by atoms with E-state index in [4.69, 9.17) is 25.8 Å². The van der Waals surface area contributed by atoms with Crippen LogP contribution in [0, 0.1) is 0 Å². The number of anilines is 1. The number of hydrogen-bond acceptors (Lipinski definition) is 7. The number of amides is 1. The fourth-order valence-electron chi connectivity index (χ4n) is 3.60. The fraction of sp³-hybridized carbons (Fsp3) is 0.385. The SMILES string of the molecule is CCOC(CCc1ccc(NC(=O)c2sc(-c3ccc(Cl)cc3)nc2CCO)cc1OC)OCC. The van der Waals surface area contributed by atoms with E-state index < -0.39 is 0 Å². The van der Waals surface area contributed by atoms with Gasteiger partial charge in [0.05, 0.1) is 12.8 Å². The van der Waals surface area contributed by atoms with Gasteiger partial charge < -0.3 is 24.6 Å². The van der Waals surface area contributed by atoms with Crippen LogP contribution >= 0.6 is 22.9 Å². The Kier molecular flexibility index (Phi) is 10.5. The molecule has 35 heavy (non-hydrogen) atoms. The second kappa shape index (κ2) is 13.6. The molecule has 0 fully saturated rings. The smallest absolute Gasteiger partial charge is 0.267 e. The summed E-state index contributed by atoms with van der Waals surface area (Å²) in [6.45, 7) is 4.96. The number of hydrogen-bond donors (Lipinski definition) is 2. The molecular weight excluding hydrogens is 488 g/mol. The number of carbonyl (C=O) groups excluding carboxylic acids is 1. The third-order valence-electron chi connectivity index (χ3n) is 5.24. The number of rotatable bonds is 13. The van der Waals surface area contributed by atoms with Gasteiger partial charge in [-0.2, -0.15) is 0 Å². The molecule has 0 radical (unpaired) electrons. The predicted molar refractivity (Wildman–Crippen MR) is 140 cm³/mol. The van der Waals surface area contributed by atoms with Gasteiger partial charge in [0.15, 0.2) is 6.29 Å². The average Bonchev–Trinajstić information content (AvgIpc) is 3.28. The summed E-state index contributed by atoms with van der Waals surface area (Å²) < 4.78 is 16.8. The van der Waals surface area contributed by atoms with Crippen molar-refractivity contribution in [3.8, 4) is 16.3 Å². The summed E-state index contributed by atoms with van der Waals surface area (Å²) in [7, 11) is 1.61. The molecule has 9 heteroatoms. The van der Waals surface area contributed by atoms with Gasteiger partial charge in [0, 0.05) is 55.0 Å². The van der Waals surface area contributed by atoms with E-state index in [1.807, 2.05) is 38.1 Å². The van der Waals surface area contributed by atoms with Gasteiger partial charge in [-0.1, -0.05) is 29.8 Å². The Labute approximate surface area is 215 Å². The number of aryl methyl sites for hydroxylation is 1. The second-order valence-corrected chi connectivity index (χ2v) is 9.07. The van der Waals surface area contributed by atoms with Crippen LogP contribution in [0.4, 0.5) is 5.69 Å². The first-order valence-electron chi connectivity index (χ1n) is 11.6. The number of nitrogens with one attached hydrogen (secondary N) is 1. The first kappa shape index (κ1) is 27.1. The molecule has 1 heterocycles. The molecule has 0 spiro atoms. The molecular formula is C26H31ClN2O5S. The average molecular weight is 519 g/mol. The maximum Gasteiger partial charge on any atom is 0.267 e. The number of ether oxygens (including phenoxy) is 3. The van der Waals surface area contributed by atoms with Crippen molar-refractivity contribution in [1.82, 2.24) is 4.98 Å². The molecule has 0 saturated heterocycles. The molecule has 0 unspecified atom stereocenters. The standard InChI is InChI=1S/C26H31ClN2O5S/c1-4-33-23(34-5-2)13-9-17-8-12-20(16-22(17)32-3)28-25(31)24-21(14-15-30)29-26(35-24)18-6-10-19(27)11-7-18/h6-8,10-12,16,23,30H,4-5,9,13-15H2,1-3H3,(H,28,31). The van der Waals surface area contributed by atoms with Crippen molar-refractivity contribution >= 4 is 34.5 Å². The largest absolute Gasteiger partial charge is 0.496 e. The van der Waals surface area contributed by atoms with E-state index in [-0.39, 0.29) is 25.2 Å². The quantitative estimate of drug-likeness (QED) is 0.287. The zero-order valence-electron chi connectivity index (χ0n) is 20.2. The molecule has 0 aliphatic rings. The first-order chi connectivity index (χ1) is 17.0.